The van der Waals surface area contributed by atoms with E-state index in [1.807, 2.05) is 6.92 Å². The van der Waals surface area contributed by atoms with Crippen molar-refractivity contribution in [1.29, 1.82) is 0 Å². The number of likely N-dealkylation sites (tertiary alicyclic amines) is 1. The van der Waals surface area contributed by atoms with Gasteiger partial charge in [-0.1, -0.05) is 6.92 Å². The zero-order valence-electron chi connectivity index (χ0n) is 8.77. The standard InChI is InChI=1S/C9H17NO3.B/c1-7-5-10(3-4-13-2)6-8(7)9(11)12;/h7-8H,3-6H2,1-2H3,(H,11,12);/t7-,8-;/m0./s1. The molecule has 5 heteroatoms. The second-order valence-corrected chi connectivity index (χ2v) is 3.67. The van der Waals surface area contributed by atoms with E-state index in [4.69, 9.17) is 9.84 Å². The van der Waals surface area contributed by atoms with E-state index in [1.54, 1.807) is 7.11 Å². The molecule has 79 valence electrons. The molecule has 2 atom stereocenters. The number of carboxylic acids is 1. The first kappa shape index (κ1) is 13.5. The summed E-state index contributed by atoms with van der Waals surface area (Å²) in [6, 6.07) is 0. The smallest absolute Gasteiger partial charge is 0.308 e. The Bertz CT molecular complexity index is 189. The van der Waals surface area contributed by atoms with Gasteiger partial charge in [-0.05, 0) is 5.92 Å². The van der Waals surface area contributed by atoms with E-state index >= 15 is 0 Å². The van der Waals surface area contributed by atoms with Crippen LogP contribution in [0, 0.1) is 11.8 Å². The van der Waals surface area contributed by atoms with Crippen molar-refractivity contribution in [2.75, 3.05) is 33.4 Å². The molecule has 0 aromatic rings. The third-order valence-corrected chi connectivity index (χ3v) is 2.62. The van der Waals surface area contributed by atoms with Crippen molar-refractivity contribution >= 4 is 14.4 Å². The molecule has 1 aliphatic heterocycles. The van der Waals surface area contributed by atoms with Crippen LogP contribution in [0.4, 0.5) is 0 Å². The molecule has 1 heterocycles. The van der Waals surface area contributed by atoms with Crippen LogP contribution in [0.25, 0.3) is 0 Å². The third-order valence-electron chi connectivity index (χ3n) is 2.62. The molecular formula is C9H17BNO3. The van der Waals surface area contributed by atoms with Crippen LogP contribution in [0.15, 0.2) is 0 Å². The molecule has 1 saturated heterocycles. The number of methoxy groups -OCH3 is 1. The van der Waals surface area contributed by atoms with Gasteiger partial charge in [0.15, 0.2) is 0 Å². The van der Waals surface area contributed by atoms with E-state index in [0.717, 1.165) is 13.1 Å². The minimum absolute atomic E-state index is 0. The van der Waals surface area contributed by atoms with Crippen molar-refractivity contribution < 1.29 is 14.6 Å². The van der Waals surface area contributed by atoms with Crippen molar-refractivity contribution in [3.63, 3.8) is 0 Å². The summed E-state index contributed by atoms with van der Waals surface area (Å²) >= 11 is 0. The van der Waals surface area contributed by atoms with Gasteiger partial charge in [0.25, 0.3) is 0 Å². The Morgan fingerprint density at radius 1 is 1.57 bits per heavy atom. The number of hydrogen-bond donors (Lipinski definition) is 1. The predicted molar refractivity (Wildman–Crippen MR) is 54.4 cm³/mol. The molecule has 3 radical (unpaired) electrons. The molecule has 0 unspecified atom stereocenters. The van der Waals surface area contributed by atoms with Crippen LogP contribution in [0.2, 0.25) is 0 Å². The average molecular weight is 198 g/mol. The molecule has 1 rings (SSSR count). The van der Waals surface area contributed by atoms with Gasteiger partial charge in [0.05, 0.1) is 12.5 Å². The molecule has 0 aromatic heterocycles. The fourth-order valence-corrected chi connectivity index (χ4v) is 1.79. The van der Waals surface area contributed by atoms with Gasteiger partial charge in [-0.2, -0.15) is 0 Å². The van der Waals surface area contributed by atoms with Crippen LogP contribution < -0.4 is 0 Å². The molecule has 0 amide bonds. The number of aliphatic carboxylic acids is 1. The van der Waals surface area contributed by atoms with Crippen LogP contribution in [0.5, 0.6) is 0 Å². The first-order valence-electron chi connectivity index (χ1n) is 4.59. The van der Waals surface area contributed by atoms with Crippen LogP contribution in [-0.2, 0) is 9.53 Å². The molecule has 1 N–H and O–H groups in total. The Balaban J connectivity index is 0.00000169. The molecule has 14 heavy (non-hydrogen) atoms. The molecular weight excluding hydrogens is 181 g/mol. The van der Waals surface area contributed by atoms with E-state index in [0.29, 0.717) is 13.2 Å². The van der Waals surface area contributed by atoms with E-state index in [1.165, 1.54) is 0 Å². The summed E-state index contributed by atoms with van der Waals surface area (Å²) < 4.78 is 4.95. The van der Waals surface area contributed by atoms with Crippen molar-refractivity contribution in [2.45, 2.75) is 6.92 Å². The highest BCUT2D eigenvalue weighted by atomic mass is 16.5. The Hall–Kier alpha value is -0.545. The number of ether oxygens (including phenoxy) is 1. The van der Waals surface area contributed by atoms with Crippen LogP contribution >= 0.6 is 0 Å². The van der Waals surface area contributed by atoms with Gasteiger partial charge in [-0.3, -0.25) is 9.69 Å². The van der Waals surface area contributed by atoms with E-state index in [-0.39, 0.29) is 20.2 Å². The van der Waals surface area contributed by atoms with Crippen molar-refractivity contribution in [1.82, 2.24) is 4.90 Å². The van der Waals surface area contributed by atoms with Gasteiger partial charge in [-0.25, -0.2) is 0 Å². The summed E-state index contributed by atoms with van der Waals surface area (Å²) in [7, 11) is 1.66. The van der Waals surface area contributed by atoms with E-state index in [9.17, 15) is 4.79 Å². The van der Waals surface area contributed by atoms with Gasteiger partial charge >= 0.3 is 5.97 Å². The summed E-state index contributed by atoms with van der Waals surface area (Å²) in [5.74, 6) is -0.612. The highest BCUT2D eigenvalue weighted by Gasteiger charge is 2.34. The third kappa shape index (κ3) is 3.31. The maximum atomic E-state index is 10.8. The highest BCUT2D eigenvalue weighted by molar-refractivity contribution is 5.75. The van der Waals surface area contributed by atoms with E-state index < -0.39 is 5.97 Å². The first-order chi connectivity index (χ1) is 6.15. The Morgan fingerprint density at radius 3 is 2.64 bits per heavy atom. The Kier molecular flexibility index (Phi) is 5.80. The quantitative estimate of drug-likeness (QED) is 0.641. The highest BCUT2D eigenvalue weighted by Crippen LogP contribution is 2.22. The van der Waals surface area contributed by atoms with Crippen molar-refractivity contribution in [3.05, 3.63) is 0 Å². The molecule has 4 nitrogen and oxygen atoms in total. The van der Waals surface area contributed by atoms with Crippen molar-refractivity contribution in [3.8, 4) is 0 Å². The van der Waals surface area contributed by atoms with E-state index in [2.05, 4.69) is 4.90 Å². The number of rotatable bonds is 4. The lowest BCUT2D eigenvalue weighted by molar-refractivity contribution is -0.142. The summed E-state index contributed by atoms with van der Waals surface area (Å²) in [5, 5.41) is 8.87. The minimum atomic E-state index is -0.674. The molecule has 1 fully saturated rings. The van der Waals surface area contributed by atoms with Crippen LogP contribution in [0.1, 0.15) is 6.92 Å². The zero-order chi connectivity index (χ0) is 9.84. The number of carboxylic acid groups (broad SMARTS) is 1. The second-order valence-electron chi connectivity index (χ2n) is 3.67. The number of hydrogen-bond acceptors (Lipinski definition) is 3. The monoisotopic (exact) mass is 198 g/mol. The zero-order valence-corrected chi connectivity index (χ0v) is 8.77. The van der Waals surface area contributed by atoms with Gasteiger partial charge in [0.2, 0.25) is 0 Å². The second kappa shape index (κ2) is 6.04. The lowest BCUT2D eigenvalue weighted by Gasteiger charge is -2.13. The van der Waals surface area contributed by atoms with Crippen molar-refractivity contribution in [2.24, 2.45) is 11.8 Å². The lowest BCUT2D eigenvalue weighted by atomic mass is 9.99. The summed E-state index contributed by atoms with van der Waals surface area (Å²) in [5.41, 5.74) is 0. The fourth-order valence-electron chi connectivity index (χ4n) is 1.79. The summed E-state index contributed by atoms with van der Waals surface area (Å²) in [6.45, 7) is 5.05. The van der Waals surface area contributed by atoms with Crippen LogP contribution in [-0.4, -0.2) is 57.7 Å². The predicted octanol–water partition coefficient (Wildman–Crippen LogP) is -0.0955. The number of carbonyl (C=O) groups is 1. The largest absolute Gasteiger partial charge is 0.481 e. The molecule has 0 aliphatic carbocycles. The van der Waals surface area contributed by atoms with Gasteiger partial charge in [-0.15, -0.1) is 0 Å². The molecule has 0 aromatic carbocycles. The summed E-state index contributed by atoms with van der Waals surface area (Å²) in [4.78, 5) is 12.9. The minimum Gasteiger partial charge on any atom is -0.481 e. The molecule has 1 aliphatic rings. The summed E-state index contributed by atoms with van der Waals surface area (Å²) in [6.07, 6.45) is 0. The molecule has 0 spiro atoms. The Labute approximate surface area is 86.8 Å². The van der Waals surface area contributed by atoms with Gasteiger partial charge < -0.3 is 9.84 Å². The molecule has 0 saturated carbocycles. The SMILES string of the molecule is COCCN1C[C@H](C(=O)O)[C@@H](C)C1.[B]. The van der Waals surface area contributed by atoms with Gasteiger partial charge in [0, 0.05) is 35.2 Å². The number of nitrogens with zero attached hydrogens (tertiary/aromatic N) is 1. The van der Waals surface area contributed by atoms with Gasteiger partial charge in [0.1, 0.15) is 0 Å². The topological polar surface area (TPSA) is 49.8 Å². The maximum absolute atomic E-state index is 10.8. The Morgan fingerprint density at radius 2 is 2.21 bits per heavy atom. The fraction of sp³-hybridized carbons (Fsp3) is 0.889. The normalized spacial score (nSPS) is 27.3. The maximum Gasteiger partial charge on any atom is 0.308 e. The van der Waals surface area contributed by atoms with Crippen LogP contribution in [0.3, 0.4) is 0 Å². The first-order valence-corrected chi connectivity index (χ1v) is 4.59. The molecule has 0 bridgehead atoms. The lowest BCUT2D eigenvalue weighted by Crippen LogP contribution is -2.26. The average Bonchev–Trinajstić information content (AvgIpc) is 2.43.